The first-order valence-corrected chi connectivity index (χ1v) is 8.56. The van der Waals surface area contributed by atoms with E-state index in [-0.39, 0.29) is 35.8 Å². The number of aromatic nitrogens is 1. The summed E-state index contributed by atoms with van der Waals surface area (Å²) in [5, 5.41) is 6.22. The molecule has 0 saturated heterocycles. The second-order valence-corrected chi connectivity index (χ2v) is 5.94. The first kappa shape index (κ1) is 23.9. The Kier molecular flexibility index (Phi) is 10.5. The monoisotopic (exact) mass is 506 g/mol. The molecule has 154 valence electrons. The van der Waals surface area contributed by atoms with Crippen molar-refractivity contribution in [3.8, 4) is 11.6 Å². The third-order valence-corrected chi connectivity index (χ3v) is 3.47. The molecule has 0 spiro atoms. The zero-order valence-electron chi connectivity index (χ0n) is 16.0. The summed E-state index contributed by atoms with van der Waals surface area (Å²) in [6.07, 6.45) is 1.80. The number of guanidine groups is 1. The SMILES string of the molecule is CN=C(NCc1ccc(OC(C)C)nc1)NCc1ccccc1OC(F)F.I. The lowest BCUT2D eigenvalue weighted by Crippen LogP contribution is -2.36. The van der Waals surface area contributed by atoms with Gasteiger partial charge in [0.1, 0.15) is 5.75 Å². The van der Waals surface area contributed by atoms with Crippen LogP contribution in [0.15, 0.2) is 47.6 Å². The van der Waals surface area contributed by atoms with Gasteiger partial charge in [0.05, 0.1) is 6.10 Å². The van der Waals surface area contributed by atoms with Crippen molar-refractivity contribution in [1.82, 2.24) is 15.6 Å². The fourth-order valence-corrected chi connectivity index (χ4v) is 2.27. The van der Waals surface area contributed by atoms with Crippen molar-refractivity contribution in [2.24, 2.45) is 4.99 Å². The molecule has 0 unspecified atom stereocenters. The number of alkyl halides is 2. The Balaban J connectivity index is 0.00000392. The minimum Gasteiger partial charge on any atom is -0.475 e. The second-order valence-electron chi connectivity index (χ2n) is 5.94. The Bertz CT molecular complexity index is 743. The normalized spacial score (nSPS) is 11.2. The summed E-state index contributed by atoms with van der Waals surface area (Å²) >= 11 is 0. The molecule has 2 rings (SSSR count). The van der Waals surface area contributed by atoms with Gasteiger partial charge in [0.25, 0.3) is 0 Å². The highest BCUT2D eigenvalue weighted by Gasteiger charge is 2.09. The van der Waals surface area contributed by atoms with Gasteiger partial charge in [0.2, 0.25) is 5.88 Å². The van der Waals surface area contributed by atoms with Gasteiger partial charge in [-0.25, -0.2) is 4.98 Å². The lowest BCUT2D eigenvalue weighted by atomic mass is 10.2. The standard InChI is InChI=1S/C19H24F2N4O2.HI/c1-13(2)26-17-9-8-14(10-23-17)11-24-19(22-3)25-12-15-6-4-5-7-16(15)27-18(20)21;/h4-10,13,18H,11-12H2,1-3H3,(H2,22,24,25);1H. The number of nitrogens with one attached hydrogen (secondary N) is 2. The largest absolute Gasteiger partial charge is 0.475 e. The second kappa shape index (κ2) is 12.3. The molecule has 0 radical (unpaired) electrons. The molecule has 0 amide bonds. The molecule has 0 fully saturated rings. The Morgan fingerprint density at radius 1 is 1.07 bits per heavy atom. The topological polar surface area (TPSA) is 67.8 Å². The highest BCUT2D eigenvalue weighted by Crippen LogP contribution is 2.19. The van der Waals surface area contributed by atoms with Crippen LogP contribution in [-0.2, 0) is 13.1 Å². The number of benzene rings is 1. The average molecular weight is 506 g/mol. The van der Waals surface area contributed by atoms with Crippen LogP contribution in [0.25, 0.3) is 0 Å². The molecule has 1 aromatic heterocycles. The molecule has 0 aliphatic heterocycles. The predicted molar refractivity (Wildman–Crippen MR) is 116 cm³/mol. The lowest BCUT2D eigenvalue weighted by molar-refractivity contribution is -0.0504. The van der Waals surface area contributed by atoms with E-state index < -0.39 is 6.61 Å². The van der Waals surface area contributed by atoms with Crippen molar-refractivity contribution in [3.05, 3.63) is 53.7 Å². The summed E-state index contributed by atoms with van der Waals surface area (Å²) in [5.41, 5.74) is 1.56. The number of para-hydroxylation sites is 1. The number of pyridine rings is 1. The van der Waals surface area contributed by atoms with Gasteiger partial charge in [-0.05, 0) is 25.5 Å². The van der Waals surface area contributed by atoms with E-state index in [1.54, 1.807) is 31.4 Å². The van der Waals surface area contributed by atoms with Gasteiger partial charge in [-0.3, -0.25) is 4.99 Å². The molecule has 0 aliphatic rings. The van der Waals surface area contributed by atoms with Crippen LogP contribution in [0.1, 0.15) is 25.0 Å². The smallest absolute Gasteiger partial charge is 0.387 e. The van der Waals surface area contributed by atoms with Gasteiger partial charge in [-0.15, -0.1) is 24.0 Å². The van der Waals surface area contributed by atoms with E-state index in [2.05, 4.69) is 25.3 Å². The minimum absolute atomic E-state index is 0. The number of hydrogen-bond acceptors (Lipinski definition) is 4. The van der Waals surface area contributed by atoms with Gasteiger partial charge in [0.15, 0.2) is 5.96 Å². The Hall–Kier alpha value is -2.17. The Labute approximate surface area is 180 Å². The Morgan fingerprint density at radius 2 is 1.79 bits per heavy atom. The third-order valence-electron chi connectivity index (χ3n) is 3.47. The van der Waals surface area contributed by atoms with E-state index in [1.165, 1.54) is 6.07 Å². The molecule has 2 N–H and O–H groups in total. The third kappa shape index (κ3) is 8.24. The molecule has 1 aromatic carbocycles. The molecular weight excluding hydrogens is 481 g/mol. The van der Waals surface area contributed by atoms with Crippen molar-refractivity contribution >= 4 is 29.9 Å². The molecule has 28 heavy (non-hydrogen) atoms. The summed E-state index contributed by atoms with van der Waals surface area (Å²) in [6.45, 7) is 1.82. The number of halogens is 3. The number of hydrogen-bond donors (Lipinski definition) is 2. The predicted octanol–water partition coefficient (Wildman–Crippen LogP) is 3.95. The fourth-order valence-electron chi connectivity index (χ4n) is 2.27. The summed E-state index contributed by atoms with van der Waals surface area (Å²) in [5.74, 6) is 1.25. The molecule has 0 bridgehead atoms. The zero-order chi connectivity index (χ0) is 19.6. The first-order chi connectivity index (χ1) is 13.0. The molecular formula is C19H25F2IN4O2. The van der Waals surface area contributed by atoms with E-state index >= 15 is 0 Å². The van der Waals surface area contributed by atoms with Crippen molar-refractivity contribution in [2.45, 2.75) is 39.7 Å². The maximum absolute atomic E-state index is 12.5. The van der Waals surface area contributed by atoms with Gasteiger partial charge in [-0.1, -0.05) is 24.3 Å². The number of rotatable bonds is 8. The summed E-state index contributed by atoms with van der Waals surface area (Å²) in [4.78, 5) is 8.37. The van der Waals surface area contributed by atoms with Gasteiger partial charge in [0, 0.05) is 38.0 Å². The van der Waals surface area contributed by atoms with Crippen LogP contribution in [0, 0.1) is 0 Å². The van der Waals surface area contributed by atoms with Crippen LogP contribution in [0.2, 0.25) is 0 Å². The average Bonchev–Trinajstić information content (AvgIpc) is 2.63. The van der Waals surface area contributed by atoms with E-state index in [9.17, 15) is 8.78 Å². The quantitative estimate of drug-likeness (QED) is 0.323. The van der Waals surface area contributed by atoms with Gasteiger partial charge < -0.3 is 20.1 Å². The van der Waals surface area contributed by atoms with Crippen molar-refractivity contribution < 1.29 is 18.3 Å². The van der Waals surface area contributed by atoms with Crippen LogP contribution < -0.4 is 20.1 Å². The highest BCUT2D eigenvalue weighted by atomic mass is 127. The summed E-state index contributed by atoms with van der Waals surface area (Å²) in [6, 6.07) is 10.4. The van der Waals surface area contributed by atoms with Crippen LogP contribution >= 0.6 is 24.0 Å². The lowest BCUT2D eigenvalue weighted by Gasteiger charge is -2.14. The molecule has 0 aliphatic carbocycles. The van der Waals surface area contributed by atoms with E-state index in [1.807, 2.05) is 26.0 Å². The molecule has 9 heteroatoms. The summed E-state index contributed by atoms with van der Waals surface area (Å²) in [7, 11) is 1.63. The molecule has 0 saturated carbocycles. The minimum atomic E-state index is -2.86. The van der Waals surface area contributed by atoms with Crippen LogP contribution in [0.3, 0.4) is 0 Å². The van der Waals surface area contributed by atoms with Crippen molar-refractivity contribution in [1.29, 1.82) is 0 Å². The highest BCUT2D eigenvalue weighted by molar-refractivity contribution is 14.0. The molecule has 6 nitrogen and oxygen atoms in total. The van der Waals surface area contributed by atoms with Gasteiger partial charge in [-0.2, -0.15) is 8.78 Å². The molecule has 2 aromatic rings. The Morgan fingerprint density at radius 3 is 2.39 bits per heavy atom. The van der Waals surface area contributed by atoms with Crippen LogP contribution in [0.4, 0.5) is 8.78 Å². The van der Waals surface area contributed by atoms with Crippen molar-refractivity contribution in [3.63, 3.8) is 0 Å². The van der Waals surface area contributed by atoms with Crippen LogP contribution in [-0.4, -0.2) is 30.7 Å². The first-order valence-electron chi connectivity index (χ1n) is 8.56. The van der Waals surface area contributed by atoms with E-state index in [0.717, 1.165) is 5.56 Å². The fraction of sp³-hybridized carbons (Fsp3) is 0.368. The zero-order valence-corrected chi connectivity index (χ0v) is 18.3. The maximum atomic E-state index is 12.5. The maximum Gasteiger partial charge on any atom is 0.387 e. The molecule has 1 heterocycles. The number of aliphatic imine (C=N–C) groups is 1. The summed E-state index contributed by atoms with van der Waals surface area (Å²) < 4.78 is 35.0. The van der Waals surface area contributed by atoms with E-state index in [0.29, 0.717) is 30.5 Å². The molecule has 0 atom stereocenters. The van der Waals surface area contributed by atoms with Gasteiger partial charge >= 0.3 is 6.61 Å². The van der Waals surface area contributed by atoms with E-state index in [4.69, 9.17) is 4.74 Å². The van der Waals surface area contributed by atoms with Crippen molar-refractivity contribution in [2.75, 3.05) is 7.05 Å². The number of nitrogens with zero attached hydrogens (tertiary/aromatic N) is 2. The number of ether oxygens (including phenoxy) is 2. The van der Waals surface area contributed by atoms with Crippen LogP contribution in [0.5, 0.6) is 11.6 Å².